The van der Waals surface area contributed by atoms with E-state index < -0.39 is 12.1 Å². The van der Waals surface area contributed by atoms with Crippen molar-refractivity contribution >= 4 is 17.9 Å². The maximum atomic E-state index is 12.7. The van der Waals surface area contributed by atoms with Crippen LogP contribution < -0.4 is 16.4 Å². The summed E-state index contributed by atoms with van der Waals surface area (Å²) in [5, 5.41) is 5.38. The topological polar surface area (TPSA) is 114 Å². The van der Waals surface area contributed by atoms with Gasteiger partial charge >= 0.3 is 6.09 Å². The molecule has 2 rings (SSSR count). The predicted octanol–water partition coefficient (Wildman–Crippen LogP) is 1.54. The third kappa shape index (κ3) is 8.51. The summed E-state index contributed by atoms with van der Waals surface area (Å²) in [5.41, 5.74) is 6.43. The standard InChI is InChI=1S/C21H32N4O4/c22-12-5-4-10-18(20(27)25-14-6-7-15-25)24-19(26)11-13-23-21(28)29-16-17-8-2-1-3-9-17/h1-3,8-9,18H,4-7,10-16,22H2,(H,23,28)(H,24,26)/t18-/m0/s1. The first-order valence-corrected chi connectivity index (χ1v) is 10.3. The first-order valence-electron chi connectivity index (χ1n) is 10.3. The van der Waals surface area contributed by atoms with E-state index >= 15 is 0 Å². The molecular formula is C21H32N4O4. The van der Waals surface area contributed by atoms with Crippen molar-refractivity contribution in [2.24, 2.45) is 5.73 Å². The third-order valence-corrected chi connectivity index (χ3v) is 4.83. The molecule has 0 saturated carbocycles. The molecule has 1 saturated heterocycles. The first-order chi connectivity index (χ1) is 14.1. The van der Waals surface area contributed by atoms with E-state index in [-0.39, 0.29) is 31.4 Å². The lowest BCUT2D eigenvalue weighted by molar-refractivity contribution is -0.135. The second-order valence-corrected chi connectivity index (χ2v) is 7.18. The van der Waals surface area contributed by atoms with E-state index in [1.54, 1.807) is 0 Å². The lowest BCUT2D eigenvalue weighted by Gasteiger charge is -2.24. The number of nitrogens with two attached hydrogens (primary N) is 1. The Bertz CT molecular complexity index is 647. The lowest BCUT2D eigenvalue weighted by Crippen LogP contribution is -2.48. The minimum atomic E-state index is -0.575. The van der Waals surface area contributed by atoms with Crippen LogP contribution in [-0.4, -0.2) is 55.0 Å². The molecule has 29 heavy (non-hydrogen) atoms. The summed E-state index contributed by atoms with van der Waals surface area (Å²) in [6.45, 7) is 2.38. The molecule has 1 fully saturated rings. The molecule has 1 aliphatic rings. The molecule has 8 nitrogen and oxygen atoms in total. The highest BCUT2D eigenvalue weighted by atomic mass is 16.5. The van der Waals surface area contributed by atoms with Crippen molar-refractivity contribution in [1.29, 1.82) is 0 Å². The molecule has 0 aromatic heterocycles. The molecule has 1 aromatic rings. The van der Waals surface area contributed by atoms with Gasteiger partial charge in [-0.05, 0) is 44.2 Å². The number of benzene rings is 1. The predicted molar refractivity (Wildman–Crippen MR) is 110 cm³/mol. The fourth-order valence-electron chi connectivity index (χ4n) is 3.23. The van der Waals surface area contributed by atoms with E-state index in [1.807, 2.05) is 35.2 Å². The molecule has 0 bridgehead atoms. The zero-order valence-corrected chi connectivity index (χ0v) is 16.9. The summed E-state index contributed by atoms with van der Waals surface area (Å²) in [7, 11) is 0. The van der Waals surface area contributed by atoms with Gasteiger partial charge in [0.2, 0.25) is 11.8 Å². The Kier molecular flexibility index (Phi) is 9.99. The van der Waals surface area contributed by atoms with Crippen LogP contribution in [-0.2, 0) is 20.9 Å². The van der Waals surface area contributed by atoms with Gasteiger partial charge in [0.25, 0.3) is 0 Å². The zero-order chi connectivity index (χ0) is 20.9. The van der Waals surface area contributed by atoms with Crippen molar-refractivity contribution in [3.05, 3.63) is 35.9 Å². The molecule has 1 atom stereocenters. The Balaban J connectivity index is 1.70. The Morgan fingerprint density at radius 2 is 1.83 bits per heavy atom. The molecule has 8 heteroatoms. The maximum absolute atomic E-state index is 12.7. The second-order valence-electron chi connectivity index (χ2n) is 7.18. The third-order valence-electron chi connectivity index (χ3n) is 4.83. The van der Waals surface area contributed by atoms with Crippen LogP contribution in [0.2, 0.25) is 0 Å². The summed E-state index contributed by atoms with van der Waals surface area (Å²) < 4.78 is 5.11. The highest BCUT2D eigenvalue weighted by Gasteiger charge is 2.27. The van der Waals surface area contributed by atoms with Crippen LogP contribution in [0.3, 0.4) is 0 Å². The average Bonchev–Trinajstić information content (AvgIpc) is 3.27. The van der Waals surface area contributed by atoms with Crippen LogP contribution in [0.25, 0.3) is 0 Å². The Hall–Kier alpha value is -2.61. The van der Waals surface area contributed by atoms with Crippen LogP contribution in [0.1, 0.15) is 44.1 Å². The molecule has 3 amide bonds. The van der Waals surface area contributed by atoms with Gasteiger partial charge in [-0.25, -0.2) is 4.79 Å². The van der Waals surface area contributed by atoms with Gasteiger partial charge in [-0.15, -0.1) is 0 Å². The van der Waals surface area contributed by atoms with Crippen LogP contribution in [0.5, 0.6) is 0 Å². The smallest absolute Gasteiger partial charge is 0.407 e. The van der Waals surface area contributed by atoms with E-state index in [4.69, 9.17) is 10.5 Å². The monoisotopic (exact) mass is 404 g/mol. The van der Waals surface area contributed by atoms with E-state index in [0.717, 1.165) is 44.3 Å². The number of alkyl carbamates (subject to hydrolysis) is 1. The Morgan fingerprint density at radius 3 is 2.52 bits per heavy atom. The molecule has 0 unspecified atom stereocenters. The highest BCUT2D eigenvalue weighted by Crippen LogP contribution is 2.12. The Labute approximate surface area is 172 Å². The second kappa shape index (κ2) is 12.8. The quantitative estimate of drug-likeness (QED) is 0.484. The number of rotatable bonds is 11. The normalized spacial score (nSPS) is 14.3. The van der Waals surface area contributed by atoms with Crippen LogP contribution >= 0.6 is 0 Å². The van der Waals surface area contributed by atoms with Gasteiger partial charge in [-0.1, -0.05) is 30.3 Å². The minimum absolute atomic E-state index is 0.0249. The van der Waals surface area contributed by atoms with Crippen molar-refractivity contribution < 1.29 is 19.1 Å². The van der Waals surface area contributed by atoms with Crippen molar-refractivity contribution in [2.45, 2.75) is 51.2 Å². The number of nitrogens with one attached hydrogen (secondary N) is 2. The largest absolute Gasteiger partial charge is 0.445 e. The van der Waals surface area contributed by atoms with E-state index in [2.05, 4.69) is 10.6 Å². The van der Waals surface area contributed by atoms with Gasteiger partial charge in [0.15, 0.2) is 0 Å². The van der Waals surface area contributed by atoms with E-state index in [1.165, 1.54) is 0 Å². The number of nitrogens with zero attached hydrogens (tertiary/aromatic N) is 1. The van der Waals surface area contributed by atoms with Gasteiger partial charge in [-0.2, -0.15) is 0 Å². The number of carbonyl (C=O) groups excluding carboxylic acids is 3. The summed E-state index contributed by atoms with van der Waals surface area (Å²) in [6.07, 6.45) is 3.69. The average molecular weight is 405 g/mol. The molecule has 0 aliphatic carbocycles. The molecule has 0 radical (unpaired) electrons. The van der Waals surface area contributed by atoms with Gasteiger partial charge in [0.1, 0.15) is 12.6 Å². The van der Waals surface area contributed by atoms with Gasteiger partial charge in [-0.3, -0.25) is 9.59 Å². The van der Waals surface area contributed by atoms with Crippen molar-refractivity contribution in [1.82, 2.24) is 15.5 Å². The van der Waals surface area contributed by atoms with Crippen molar-refractivity contribution in [3.63, 3.8) is 0 Å². The highest BCUT2D eigenvalue weighted by molar-refractivity contribution is 5.88. The lowest BCUT2D eigenvalue weighted by atomic mass is 10.1. The minimum Gasteiger partial charge on any atom is -0.445 e. The number of unbranched alkanes of at least 4 members (excludes halogenated alkanes) is 1. The summed E-state index contributed by atoms with van der Waals surface area (Å²) >= 11 is 0. The zero-order valence-electron chi connectivity index (χ0n) is 16.9. The molecule has 1 aliphatic heterocycles. The number of carbonyl (C=O) groups is 3. The molecule has 1 aromatic carbocycles. The molecule has 4 N–H and O–H groups in total. The fraction of sp³-hybridized carbons (Fsp3) is 0.571. The fourth-order valence-corrected chi connectivity index (χ4v) is 3.23. The van der Waals surface area contributed by atoms with E-state index in [0.29, 0.717) is 13.0 Å². The molecular weight excluding hydrogens is 372 g/mol. The molecule has 0 spiro atoms. The van der Waals surface area contributed by atoms with Crippen molar-refractivity contribution in [2.75, 3.05) is 26.2 Å². The number of amides is 3. The first kappa shape index (κ1) is 22.7. The van der Waals surface area contributed by atoms with Gasteiger partial charge < -0.3 is 26.0 Å². The van der Waals surface area contributed by atoms with Gasteiger partial charge in [0.05, 0.1) is 0 Å². The number of ether oxygens (including phenoxy) is 1. The summed E-state index contributed by atoms with van der Waals surface area (Å²) in [4.78, 5) is 38.5. The number of hydrogen-bond donors (Lipinski definition) is 3. The molecule has 1 heterocycles. The van der Waals surface area contributed by atoms with Crippen LogP contribution in [0.15, 0.2) is 30.3 Å². The van der Waals surface area contributed by atoms with Crippen molar-refractivity contribution in [3.8, 4) is 0 Å². The van der Waals surface area contributed by atoms with Gasteiger partial charge in [0, 0.05) is 26.1 Å². The Morgan fingerprint density at radius 1 is 1.10 bits per heavy atom. The summed E-state index contributed by atoms with van der Waals surface area (Å²) in [6, 6.07) is 8.83. The molecule has 160 valence electrons. The SMILES string of the molecule is NCCCC[C@H](NC(=O)CCNC(=O)OCc1ccccc1)C(=O)N1CCCC1. The summed E-state index contributed by atoms with van der Waals surface area (Å²) in [5.74, 6) is -0.290. The van der Waals surface area contributed by atoms with Crippen LogP contribution in [0, 0.1) is 0 Å². The number of hydrogen-bond acceptors (Lipinski definition) is 5. The van der Waals surface area contributed by atoms with E-state index in [9.17, 15) is 14.4 Å². The number of likely N-dealkylation sites (tertiary alicyclic amines) is 1. The maximum Gasteiger partial charge on any atom is 0.407 e. The van der Waals surface area contributed by atoms with Crippen LogP contribution in [0.4, 0.5) is 4.79 Å².